The lowest BCUT2D eigenvalue weighted by Crippen LogP contribution is -2.19. The van der Waals surface area contributed by atoms with Crippen LogP contribution in [-0.4, -0.2) is 37.7 Å². The predicted octanol–water partition coefficient (Wildman–Crippen LogP) is 2.14. The fraction of sp³-hybridized carbons (Fsp3) is 0.167. The molecule has 9 nitrogen and oxygen atoms in total. The first-order valence-corrected chi connectivity index (χ1v) is 8.37. The Morgan fingerprint density at radius 1 is 1.30 bits per heavy atom. The number of guanidine groups is 1. The average molecular weight is 363 g/mol. The lowest BCUT2D eigenvalue weighted by atomic mass is 10.1. The average Bonchev–Trinajstić information content (AvgIpc) is 3.04. The Labute approximate surface area is 154 Å². The topological polar surface area (TPSA) is 116 Å². The van der Waals surface area contributed by atoms with Crippen molar-refractivity contribution in [3.63, 3.8) is 0 Å². The van der Waals surface area contributed by atoms with Crippen LogP contribution in [0.25, 0.3) is 5.78 Å². The molecule has 0 aliphatic carbocycles. The number of nitrogens with zero attached hydrogens (tertiary/aromatic N) is 5. The van der Waals surface area contributed by atoms with E-state index in [2.05, 4.69) is 20.3 Å². The van der Waals surface area contributed by atoms with Crippen LogP contribution in [0.5, 0.6) is 0 Å². The third-order valence-corrected chi connectivity index (χ3v) is 4.27. The van der Waals surface area contributed by atoms with Crippen LogP contribution in [0.1, 0.15) is 34.2 Å². The highest BCUT2D eigenvalue weighted by atomic mass is 16.5. The van der Waals surface area contributed by atoms with Crippen LogP contribution in [0.3, 0.4) is 0 Å². The molecule has 0 fully saturated rings. The fourth-order valence-corrected chi connectivity index (χ4v) is 3.03. The van der Waals surface area contributed by atoms with Gasteiger partial charge in [0.15, 0.2) is 0 Å². The van der Waals surface area contributed by atoms with Crippen molar-refractivity contribution in [1.29, 1.82) is 0 Å². The number of aryl methyl sites for hydroxylation is 1. The van der Waals surface area contributed by atoms with Gasteiger partial charge in [-0.1, -0.05) is 0 Å². The Morgan fingerprint density at radius 3 is 2.89 bits per heavy atom. The summed E-state index contributed by atoms with van der Waals surface area (Å²) in [5.74, 6) is 0.560. The molecular weight excluding hydrogens is 346 g/mol. The van der Waals surface area contributed by atoms with E-state index in [1.54, 1.807) is 35.9 Å². The van der Waals surface area contributed by atoms with Crippen LogP contribution >= 0.6 is 0 Å². The number of benzene rings is 1. The number of amides is 1. The third-order valence-electron chi connectivity index (χ3n) is 4.27. The summed E-state index contributed by atoms with van der Waals surface area (Å²) < 4.78 is 1.95. The molecule has 3 aromatic rings. The molecule has 1 aromatic carbocycles. The summed E-state index contributed by atoms with van der Waals surface area (Å²) in [6, 6.07) is 8.37. The monoisotopic (exact) mass is 363 g/mol. The van der Waals surface area contributed by atoms with Gasteiger partial charge in [0, 0.05) is 36.3 Å². The van der Waals surface area contributed by atoms with E-state index in [4.69, 9.17) is 10.2 Å². The molecule has 27 heavy (non-hydrogen) atoms. The molecule has 0 bridgehead atoms. The molecule has 1 aliphatic rings. The number of hydrogen-bond acceptors (Lipinski definition) is 7. The van der Waals surface area contributed by atoms with E-state index in [0.717, 1.165) is 17.1 Å². The highest BCUT2D eigenvalue weighted by Gasteiger charge is 2.21. The van der Waals surface area contributed by atoms with Gasteiger partial charge in [-0.3, -0.25) is 14.4 Å². The normalized spacial score (nSPS) is 16.2. The lowest BCUT2D eigenvalue weighted by Gasteiger charge is -2.17. The van der Waals surface area contributed by atoms with E-state index < -0.39 is 5.91 Å². The summed E-state index contributed by atoms with van der Waals surface area (Å²) in [5, 5.41) is 11.8. The first-order chi connectivity index (χ1) is 13.2. The van der Waals surface area contributed by atoms with E-state index in [1.165, 1.54) is 0 Å². The molecule has 9 heteroatoms. The summed E-state index contributed by atoms with van der Waals surface area (Å²) in [6.07, 6.45) is 6.13. The maximum atomic E-state index is 11.4. The number of fused-ring (bicyclic) bond motifs is 1. The molecular formula is C18H17N7O2. The van der Waals surface area contributed by atoms with Gasteiger partial charge in [0.25, 0.3) is 5.91 Å². The highest BCUT2D eigenvalue weighted by Crippen LogP contribution is 2.27. The molecule has 1 amide bonds. The predicted molar refractivity (Wildman–Crippen MR) is 100 cm³/mol. The van der Waals surface area contributed by atoms with Crippen molar-refractivity contribution in [2.24, 2.45) is 9.98 Å². The number of nitrogens with one attached hydrogen (secondary N) is 2. The molecule has 0 spiro atoms. The molecule has 3 N–H and O–H groups in total. The zero-order valence-corrected chi connectivity index (χ0v) is 14.5. The Bertz CT molecular complexity index is 1050. The van der Waals surface area contributed by atoms with Crippen molar-refractivity contribution >= 4 is 29.5 Å². The second-order valence-electron chi connectivity index (χ2n) is 6.03. The van der Waals surface area contributed by atoms with Crippen LogP contribution in [0, 0.1) is 6.92 Å². The van der Waals surface area contributed by atoms with Gasteiger partial charge in [-0.15, -0.1) is 0 Å². The number of rotatable bonds is 3. The first kappa shape index (κ1) is 16.9. The molecule has 0 saturated heterocycles. The van der Waals surface area contributed by atoms with Crippen LogP contribution < -0.4 is 10.8 Å². The van der Waals surface area contributed by atoms with Gasteiger partial charge in [-0.25, -0.2) is 25.4 Å². The van der Waals surface area contributed by atoms with Crippen molar-refractivity contribution in [2.75, 3.05) is 5.32 Å². The van der Waals surface area contributed by atoms with Crippen LogP contribution in [-0.2, 0) is 0 Å². The summed E-state index contributed by atoms with van der Waals surface area (Å²) in [6.45, 7) is 1.95. The quantitative estimate of drug-likeness (QED) is 0.487. The number of imidazole rings is 1. The molecule has 0 saturated carbocycles. The number of aromatic nitrogens is 3. The van der Waals surface area contributed by atoms with Crippen molar-refractivity contribution in [3.05, 3.63) is 59.7 Å². The summed E-state index contributed by atoms with van der Waals surface area (Å²) in [7, 11) is 0. The van der Waals surface area contributed by atoms with E-state index in [1.807, 2.05) is 29.8 Å². The Kier molecular flexibility index (Phi) is 4.35. The Balaban J connectivity index is 1.59. The van der Waals surface area contributed by atoms with Crippen LogP contribution in [0.4, 0.5) is 5.69 Å². The smallest absolute Gasteiger partial charge is 0.274 e. The lowest BCUT2D eigenvalue weighted by molar-refractivity contribution is 0.0706. The molecule has 3 heterocycles. The van der Waals surface area contributed by atoms with Gasteiger partial charge < -0.3 is 5.32 Å². The SMILES string of the molecule is Cc1nc2ncccn2c1C1CC=NC(Nc2ccc(C(=O)NO)cc2)=N1. The minimum absolute atomic E-state index is 0.122. The largest absolute Gasteiger partial charge is 0.324 e. The molecule has 1 unspecified atom stereocenters. The number of carbonyl (C=O) groups is 1. The molecule has 136 valence electrons. The first-order valence-electron chi connectivity index (χ1n) is 8.37. The van der Waals surface area contributed by atoms with Crippen LogP contribution in [0.2, 0.25) is 0 Å². The van der Waals surface area contributed by atoms with Gasteiger partial charge in [-0.2, -0.15) is 0 Å². The number of anilines is 1. The third kappa shape index (κ3) is 3.27. The maximum Gasteiger partial charge on any atom is 0.274 e. The van der Waals surface area contributed by atoms with Gasteiger partial charge in [-0.05, 0) is 37.3 Å². The molecule has 1 atom stereocenters. The van der Waals surface area contributed by atoms with Gasteiger partial charge in [0.2, 0.25) is 11.7 Å². The number of carbonyl (C=O) groups excluding carboxylic acids is 1. The Morgan fingerprint density at radius 2 is 2.11 bits per heavy atom. The molecule has 2 aromatic heterocycles. The second-order valence-corrected chi connectivity index (χ2v) is 6.03. The van der Waals surface area contributed by atoms with Crippen LogP contribution in [0.15, 0.2) is 52.7 Å². The highest BCUT2D eigenvalue weighted by molar-refractivity contribution is 6.00. The van der Waals surface area contributed by atoms with E-state index in [9.17, 15) is 4.79 Å². The number of hydrogen-bond donors (Lipinski definition) is 3. The van der Waals surface area contributed by atoms with E-state index >= 15 is 0 Å². The number of aliphatic imine (C=N–C) groups is 2. The van der Waals surface area contributed by atoms with E-state index in [-0.39, 0.29) is 6.04 Å². The molecule has 1 aliphatic heterocycles. The van der Waals surface area contributed by atoms with Crippen molar-refractivity contribution in [3.8, 4) is 0 Å². The molecule has 4 rings (SSSR count). The van der Waals surface area contributed by atoms with Crippen molar-refractivity contribution in [2.45, 2.75) is 19.4 Å². The minimum Gasteiger partial charge on any atom is -0.324 e. The standard InChI is InChI=1S/C18H17N7O2/c1-11-15(25-10-2-8-20-18(25)21-11)14-7-9-19-17(23-14)22-13-5-3-12(4-6-13)16(26)24-27/h2-6,8-10,14,27H,7H2,1H3,(H,22,23)(H,24,26). The summed E-state index contributed by atoms with van der Waals surface area (Å²) in [4.78, 5) is 29.2. The zero-order chi connectivity index (χ0) is 18.8. The van der Waals surface area contributed by atoms with Gasteiger partial charge in [0.05, 0.1) is 11.4 Å². The van der Waals surface area contributed by atoms with E-state index in [0.29, 0.717) is 23.7 Å². The van der Waals surface area contributed by atoms with Gasteiger partial charge >= 0.3 is 0 Å². The Hall–Kier alpha value is -3.59. The summed E-state index contributed by atoms with van der Waals surface area (Å²) >= 11 is 0. The fourth-order valence-electron chi connectivity index (χ4n) is 3.03. The van der Waals surface area contributed by atoms with Gasteiger partial charge in [0.1, 0.15) is 6.04 Å². The van der Waals surface area contributed by atoms with Crippen molar-refractivity contribution < 1.29 is 10.0 Å². The number of hydroxylamine groups is 1. The van der Waals surface area contributed by atoms with Crippen molar-refractivity contribution in [1.82, 2.24) is 19.8 Å². The summed E-state index contributed by atoms with van der Waals surface area (Å²) in [5.41, 5.74) is 4.56. The second kappa shape index (κ2) is 6.96. The maximum absolute atomic E-state index is 11.4. The molecule has 0 radical (unpaired) electrons. The zero-order valence-electron chi connectivity index (χ0n) is 14.5. The minimum atomic E-state index is -0.564.